The van der Waals surface area contributed by atoms with E-state index >= 15 is 0 Å². The quantitative estimate of drug-likeness (QED) is 0.511. The summed E-state index contributed by atoms with van der Waals surface area (Å²) in [4.78, 5) is 6.63. The molecule has 0 N–H and O–H groups in total. The first kappa shape index (κ1) is 21.4. The molecule has 2 aliphatic rings. The molecule has 0 atom stereocenters. The third-order valence-corrected chi connectivity index (χ3v) is 5.97. The molecule has 0 aromatic carbocycles. The molecule has 2 aromatic rings. The maximum atomic E-state index is 11.3. The molecule has 4 rings (SSSR count). The summed E-state index contributed by atoms with van der Waals surface area (Å²) >= 11 is 0. The minimum absolute atomic E-state index is 0.0454. The van der Waals surface area contributed by atoms with Crippen molar-refractivity contribution in [2.45, 2.75) is 76.6 Å². The lowest BCUT2D eigenvalue weighted by molar-refractivity contribution is -0.605. The number of hydrogen-bond donors (Lipinski definition) is 0. The van der Waals surface area contributed by atoms with Crippen molar-refractivity contribution in [3.8, 4) is 11.8 Å². The summed E-state index contributed by atoms with van der Waals surface area (Å²) in [6.07, 6.45) is 8.64. The third kappa shape index (κ3) is 5.25. The number of pyridine rings is 1. The molecule has 1 saturated heterocycles. The highest BCUT2D eigenvalue weighted by Crippen LogP contribution is 2.29. The average molecular weight is 428 g/mol. The highest BCUT2D eigenvalue weighted by molar-refractivity contribution is 5.39. The van der Waals surface area contributed by atoms with Crippen LogP contribution in [0, 0.1) is 16.5 Å². The van der Waals surface area contributed by atoms with E-state index < -0.39 is 0 Å². The Morgan fingerprint density at radius 2 is 1.84 bits per heavy atom. The Morgan fingerprint density at radius 3 is 2.48 bits per heavy atom. The lowest BCUT2D eigenvalue weighted by Gasteiger charge is -2.35. The summed E-state index contributed by atoms with van der Waals surface area (Å²) in [6, 6.07) is 4.20. The van der Waals surface area contributed by atoms with E-state index in [0.29, 0.717) is 16.5 Å². The Morgan fingerprint density at radius 1 is 1.16 bits per heavy atom. The van der Waals surface area contributed by atoms with Crippen molar-refractivity contribution in [1.82, 2.24) is 10.1 Å². The summed E-state index contributed by atoms with van der Waals surface area (Å²) < 4.78 is 18.4. The van der Waals surface area contributed by atoms with E-state index in [2.05, 4.69) is 28.9 Å². The van der Waals surface area contributed by atoms with E-state index in [4.69, 9.17) is 14.0 Å². The van der Waals surface area contributed by atoms with Gasteiger partial charge < -0.3 is 24.1 Å². The predicted octanol–water partition coefficient (Wildman–Crippen LogP) is 3.07. The molecule has 2 aromatic heterocycles. The molecule has 0 unspecified atom stereocenters. The van der Waals surface area contributed by atoms with Gasteiger partial charge >= 0.3 is 6.01 Å². The minimum Gasteiger partial charge on any atom is -0.619 e. The van der Waals surface area contributed by atoms with Crippen molar-refractivity contribution in [3.63, 3.8) is 0 Å². The van der Waals surface area contributed by atoms with Crippen molar-refractivity contribution in [2.75, 3.05) is 18.0 Å². The summed E-state index contributed by atoms with van der Waals surface area (Å²) in [5.74, 6) is 1.49. The summed E-state index contributed by atoms with van der Waals surface area (Å²) in [5, 5.41) is 24.6. The van der Waals surface area contributed by atoms with Crippen LogP contribution >= 0.6 is 0 Å². The Kier molecular flexibility index (Phi) is 6.56. The zero-order valence-electron chi connectivity index (χ0n) is 18.1. The van der Waals surface area contributed by atoms with Crippen LogP contribution in [0.15, 0.2) is 23.0 Å². The van der Waals surface area contributed by atoms with Crippen LogP contribution in [0.5, 0.6) is 5.75 Å². The van der Waals surface area contributed by atoms with Crippen LogP contribution < -0.4 is 14.4 Å². The molecule has 1 aliphatic carbocycles. The first-order chi connectivity index (χ1) is 15.0. The molecular formula is C22H29N5O4. The maximum absolute atomic E-state index is 11.3. The van der Waals surface area contributed by atoms with Crippen molar-refractivity contribution in [1.29, 1.82) is 5.26 Å². The zero-order chi connectivity index (χ0) is 21.8. The van der Waals surface area contributed by atoms with Gasteiger partial charge in [0.05, 0.1) is 18.3 Å². The van der Waals surface area contributed by atoms with Crippen molar-refractivity contribution in [2.24, 2.45) is 0 Å². The molecular weight excluding hydrogens is 398 g/mol. The molecule has 0 amide bonds. The fourth-order valence-corrected chi connectivity index (χ4v) is 4.16. The van der Waals surface area contributed by atoms with Crippen molar-refractivity contribution >= 4 is 6.01 Å². The first-order valence-corrected chi connectivity index (χ1v) is 11.1. The second-order valence-corrected chi connectivity index (χ2v) is 8.62. The molecule has 0 bridgehead atoms. The topological polar surface area (TPSA) is 111 Å². The Labute approximate surface area is 182 Å². The Bertz CT molecular complexity index is 909. The molecule has 0 radical (unpaired) electrons. The second-order valence-electron chi connectivity index (χ2n) is 8.62. The van der Waals surface area contributed by atoms with Gasteiger partial charge in [-0.05, 0) is 38.5 Å². The number of aromatic nitrogens is 3. The Hall–Kier alpha value is -2.86. The number of hydrogen-bond acceptors (Lipinski definition) is 8. The molecule has 9 nitrogen and oxygen atoms in total. The van der Waals surface area contributed by atoms with Gasteiger partial charge in [-0.3, -0.25) is 0 Å². The molecule has 0 spiro atoms. The van der Waals surface area contributed by atoms with Gasteiger partial charge in [0, 0.05) is 25.1 Å². The monoisotopic (exact) mass is 427 g/mol. The lowest BCUT2D eigenvalue weighted by Crippen LogP contribution is -2.40. The van der Waals surface area contributed by atoms with Crippen LogP contribution in [0.3, 0.4) is 0 Å². The van der Waals surface area contributed by atoms with Crippen molar-refractivity contribution in [3.05, 3.63) is 35.1 Å². The van der Waals surface area contributed by atoms with E-state index in [1.54, 1.807) is 6.07 Å². The summed E-state index contributed by atoms with van der Waals surface area (Å²) in [7, 11) is 0. The van der Waals surface area contributed by atoms with E-state index in [1.165, 1.54) is 12.4 Å². The van der Waals surface area contributed by atoms with Crippen LogP contribution in [0.2, 0.25) is 0 Å². The lowest BCUT2D eigenvalue weighted by atomic mass is 9.94. The number of anilines is 1. The molecule has 2 fully saturated rings. The van der Waals surface area contributed by atoms with E-state index in [9.17, 15) is 10.5 Å². The van der Waals surface area contributed by atoms with Gasteiger partial charge in [0.2, 0.25) is 6.20 Å². The molecule has 1 aliphatic heterocycles. The highest BCUT2D eigenvalue weighted by atomic mass is 16.5. The predicted molar refractivity (Wildman–Crippen MR) is 111 cm³/mol. The third-order valence-electron chi connectivity index (χ3n) is 5.97. The van der Waals surface area contributed by atoms with Crippen LogP contribution in [-0.2, 0) is 4.74 Å². The number of piperidine rings is 1. The summed E-state index contributed by atoms with van der Waals surface area (Å²) in [6.45, 7) is 5.82. The second kappa shape index (κ2) is 9.52. The molecule has 166 valence electrons. The van der Waals surface area contributed by atoms with E-state index in [0.717, 1.165) is 57.4 Å². The van der Waals surface area contributed by atoms with Gasteiger partial charge in [-0.1, -0.05) is 19.0 Å². The van der Waals surface area contributed by atoms with Crippen LogP contribution in [-0.4, -0.2) is 41.5 Å². The molecule has 9 heteroatoms. The highest BCUT2D eigenvalue weighted by Gasteiger charge is 2.29. The number of nitriles is 1. The van der Waals surface area contributed by atoms with Gasteiger partial charge in [0.25, 0.3) is 0 Å². The van der Waals surface area contributed by atoms with Gasteiger partial charge in [0.15, 0.2) is 17.6 Å². The molecule has 31 heavy (non-hydrogen) atoms. The van der Waals surface area contributed by atoms with Gasteiger partial charge in [-0.2, -0.15) is 15.0 Å². The van der Waals surface area contributed by atoms with Crippen LogP contribution in [0.4, 0.5) is 6.01 Å². The smallest absolute Gasteiger partial charge is 0.324 e. The van der Waals surface area contributed by atoms with E-state index in [1.807, 2.05) is 6.07 Å². The fourth-order valence-electron chi connectivity index (χ4n) is 4.16. The van der Waals surface area contributed by atoms with Gasteiger partial charge in [0.1, 0.15) is 11.8 Å². The van der Waals surface area contributed by atoms with Gasteiger partial charge in [-0.15, -0.1) is 0 Å². The standard InChI is InChI=1S/C22H29N5O4/c1-15(2)21-24-22(31-25-21)26-10-7-19(8-11-26)29-17-3-5-18(6-4-17)30-20-9-12-27(28)14-16(20)13-23/h9,12,14-15,17-19H,3-8,10-11H2,1-2H3. The summed E-state index contributed by atoms with van der Waals surface area (Å²) in [5.41, 5.74) is 0.268. The average Bonchev–Trinajstić information content (AvgIpc) is 3.27. The maximum Gasteiger partial charge on any atom is 0.324 e. The normalized spacial score (nSPS) is 22.5. The number of ether oxygens (including phenoxy) is 2. The van der Waals surface area contributed by atoms with Crippen LogP contribution in [0.1, 0.15) is 69.7 Å². The molecule has 3 heterocycles. The van der Waals surface area contributed by atoms with Gasteiger partial charge in [-0.25, -0.2) is 0 Å². The van der Waals surface area contributed by atoms with E-state index in [-0.39, 0.29) is 29.8 Å². The first-order valence-electron chi connectivity index (χ1n) is 11.1. The largest absolute Gasteiger partial charge is 0.619 e. The number of rotatable bonds is 6. The fraction of sp³-hybridized carbons (Fsp3) is 0.636. The van der Waals surface area contributed by atoms with Crippen molar-refractivity contribution < 1.29 is 18.7 Å². The molecule has 1 saturated carbocycles. The number of nitrogens with zero attached hydrogens (tertiary/aromatic N) is 5. The minimum atomic E-state index is 0.0454. The van der Waals surface area contributed by atoms with Crippen LogP contribution in [0.25, 0.3) is 0 Å². The SMILES string of the molecule is CC(C)c1noc(N2CCC(OC3CCC(Oc4cc[n+]([O-])cc4C#N)CC3)CC2)n1. The zero-order valence-corrected chi connectivity index (χ0v) is 18.1. The Balaban J connectivity index is 1.21.